The van der Waals surface area contributed by atoms with Crippen molar-refractivity contribution in [1.29, 1.82) is 0 Å². The minimum Gasteiger partial charge on any atom is -0.391 e. The standard InChI is InChI=1S/C45H66N6O7S/c1-6-30(2)26-46-43(55)36(45(4,5)57)25-40(52)37(23-32-13-8-7-9-14-32)48-44(56)38(24-34-28-59-29-47-34)49-42(54)31(3)51(41(53)27-50-19-21-58-22-20-50)39-18-12-16-33-15-10-11-17-35(33)39/h10-12,15-18,28-32,36-38,40,52,57H,6-9,13-14,19-27H2,1-5H3,(H,46,55)(H,48,56)(H,49,54)/t30-,31-,36+,37-,38-,40-/m0/s1. The van der Waals surface area contributed by atoms with Crippen LogP contribution in [0.25, 0.3) is 10.8 Å². The van der Waals surface area contributed by atoms with Crippen molar-refractivity contribution in [3.63, 3.8) is 0 Å². The summed E-state index contributed by atoms with van der Waals surface area (Å²) in [7, 11) is 0. The summed E-state index contributed by atoms with van der Waals surface area (Å²) in [5, 5.41) is 35.7. The van der Waals surface area contributed by atoms with E-state index in [-0.39, 0.29) is 43.0 Å². The molecule has 1 aliphatic heterocycles. The Morgan fingerprint density at radius 1 is 0.983 bits per heavy atom. The summed E-state index contributed by atoms with van der Waals surface area (Å²) in [6, 6.07) is 10.5. The third-order valence-electron chi connectivity index (χ3n) is 12.1. The molecule has 2 aromatic carbocycles. The first-order chi connectivity index (χ1) is 28.2. The number of ether oxygens (including phenoxy) is 1. The summed E-state index contributed by atoms with van der Waals surface area (Å²) >= 11 is 1.38. The van der Waals surface area contributed by atoms with Gasteiger partial charge in [0, 0.05) is 36.8 Å². The Hall–Kier alpha value is -3.95. The van der Waals surface area contributed by atoms with Gasteiger partial charge in [-0.15, -0.1) is 11.3 Å². The Morgan fingerprint density at radius 2 is 1.69 bits per heavy atom. The zero-order valence-corrected chi connectivity index (χ0v) is 36.3. The van der Waals surface area contributed by atoms with Gasteiger partial charge >= 0.3 is 0 Å². The van der Waals surface area contributed by atoms with Crippen molar-refractivity contribution >= 4 is 51.4 Å². The highest BCUT2D eigenvalue weighted by Crippen LogP contribution is 2.32. The topological polar surface area (TPSA) is 173 Å². The number of carbonyl (C=O) groups is 4. The molecule has 2 heterocycles. The van der Waals surface area contributed by atoms with Crippen molar-refractivity contribution in [3.8, 4) is 0 Å². The Kier molecular flexibility index (Phi) is 17.2. The molecule has 2 aliphatic rings. The third kappa shape index (κ3) is 13.3. The molecule has 0 bridgehead atoms. The van der Waals surface area contributed by atoms with Gasteiger partial charge in [0.2, 0.25) is 23.6 Å². The number of benzene rings is 2. The SMILES string of the molecule is CC[C@H](C)CNC(=O)[C@@H](C[C@H](O)[C@H](CC1CCCCC1)NC(=O)[C@H](Cc1cscn1)NC(=O)[C@H](C)N(C(=O)CN1CCOCC1)c1cccc2ccccc12)C(C)(C)O. The van der Waals surface area contributed by atoms with E-state index in [0.29, 0.717) is 50.7 Å². The Labute approximate surface area is 353 Å². The minimum absolute atomic E-state index is 0.0705. The first-order valence-corrected chi connectivity index (χ1v) is 22.4. The van der Waals surface area contributed by atoms with Gasteiger partial charge in [0.05, 0.1) is 60.3 Å². The van der Waals surface area contributed by atoms with Crippen LogP contribution in [0.3, 0.4) is 0 Å². The molecular formula is C45H66N6O7S. The van der Waals surface area contributed by atoms with Crippen molar-refractivity contribution in [3.05, 3.63) is 59.0 Å². The number of nitrogens with zero attached hydrogens (tertiary/aromatic N) is 3. The van der Waals surface area contributed by atoms with Crippen LogP contribution in [-0.2, 0) is 30.3 Å². The molecule has 13 nitrogen and oxygen atoms in total. The van der Waals surface area contributed by atoms with Crippen molar-refractivity contribution in [2.45, 2.75) is 122 Å². The van der Waals surface area contributed by atoms with Gasteiger partial charge in [-0.3, -0.25) is 29.0 Å². The van der Waals surface area contributed by atoms with E-state index in [9.17, 15) is 29.4 Å². The molecule has 4 amide bonds. The van der Waals surface area contributed by atoms with E-state index >= 15 is 0 Å². The highest BCUT2D eigenvalue weighted by molar-refractivity contribution is 7.07. The van der Waals surface area contributed by atoms with Crippen LogP contribution >= 0.6 is 11.3 Å². The number of amides is 4. The second-order valence-corrected chi connectivity index (χ2v) is 17.9. The fraction of sp³-hybridized carbons (Fsp3) is 0.622. The second-order valence-electron chi connectivity index (χ2n) is 17.2. The van der Waals surface area contributed by atoms with Gasteiger partial charge in [-0.25, -0.2) is 4.98 Å². The van der Waals surface area contributed by atoms with Crippen molar-refractivity contribution in [1.82, 2.24) is 25.8 Å². The van der Waals surface area contributed by atoms with Gasteiger partial charge in [0.15, 0.2) is 0 Å². The lowest BCUT2D eigenvalue weighted by Gasteiger charge is -2.36. The zero-order chi connectivity index (χ0) is 42.5. The summed E-state index contributed by atoms with van der Waals surface area (Å²) < 4.78 is 5.51. The normalized spacial score (nSPS) is 18.6. The van der Waals surface area contributed by atoms with Crippen LogP contribution in [0.5, 0.6) is 0 Å². The molecule has 3 aromatic rings. The molecular weight excluding hydrogens is 769 g/mol. The van der Waals surface area contributed by atoms with Crippen LogP contribution in [0.2, 0.25) is 0 Å². The Morgan fingerprint density at radius 3 is 2.37 bits per heavy atom. The second kappa shape index (κ2) is 22.1. The van der Waals surface area contributed by atoms with Crippen molar-refractivity contribution in [2.75, 3.05) is 44.3 Å². The summed E-state index contributed by atoms with van der Waals surface area (Å²) in [6.07, 6.45) is 5.39. The van der Waals surface area contributed by atoms with Crippen LogP contribution in [0.15, 0.2) is 53.4 Å². The van der Waals surface area contributed by atoms with E-state index in [1.165, 1.54) is 16.2 Å². The average molecular weight is 835 g/mol. The molecule has 0 unspecified atom stereocenters. The molecule has 1 aromatic heterocycles. The highest BCUT2D eigenvalue weighted by atomic mass is 32.1. The van der Waals surface area contributed by atoms with Crippen LogP contribution in [0, 0.1) is 17.8 Å². The first-order valence-electron chi connectivity index (χ1n) is 21.5. The number of fused-ring (bicyclic) bond motifs is 1. The molecule has 1 aliphatic carbocycles. The highest BCUT2D eigenvalue weighted by Gasteiger charge is 2.39. The molecule has 6 atom stereocenters. The minimum atomic E-state index is -1.44. The van der Waals surface area contributed by atoms with Gasteiger partial charge in [-0.1, -0.05) is 88.8 Å². The van der Waals surface area contributed by atoms with E-state index in [4.69, 9.17) is 4.74 Å². The van der Waals surface area contributed by atoms with Crippen molar-refractivity contribution < 1.29 is 34.1 Å². The summed E-state index contributed by atoms with van der Waals surface area (Å²) in [6.45, 7) is 11.7. The van der Waals surface area contributed by atoms with Crippen LogP contribution in [0.1, 0.15) is 91.7 Å². The number of aliphatic hydroxyl groups excluding tert-OH is 1. The van der Waals surface area contributed by atoms with Gasteiger partial charge in [0.1, 0.15) is 12.1 Å². The predicted molar refractivity (Wildman–Crippen MR) is 232 cm³/mol. The predicted octanol–water partition coefficient (Wildman–Crippen LogP) is 4.83. The van der Waals surface area contributed by atoms with Gasteiger partial charge < -0.3 is 30.9 Å². The lowest BCUT2D eigenvalue weighted by molar-refractivity contribution is -0.135. The maximum atomic E-state index is 14.5. The van der Waals surface area contributed by atoms with Gasteiger partial charge in [-0.05, 0) is 56.9 Å². The van der Waals surface area contributed by atoms with E-state index in [1.807, 2.05) is 66.6 Å². The number of nitrogens with one attached hydrogen (secondary N) is 3. The first kappa shape index (κ1) is 46.1. The van der Waals surface area contributed by atoms with E-state index < -0.39 is 47.6 Å². The number of morpholine rings is 1. The van der Waals surface area contributed by atoms with E-state index in [0.717, 1.165) is 49.3 Å². The lowest BCUT2D eigenvalue weighted by Crippen LogP contribution is -2.58. The number of anilines is 1. The number of hydrogen-bond acceptors (Lipinski definition) is 10. The van der Waals surface area contributed by atoms with E-state index in [1.54, 1.807) is 26.3 Å². The van der Waals surface area contributed by atoms with Crippen LogP contribution < -0.4 is 20.9 Å². The average Bonchev–Trinajstić information content (AvgIpc) is 3.75. The van der Waals surface area contributed by atoms with Crippen LogP contribution in [-0.4, -0.2) is 113 Å². The number of hydrogen-bond donors (Lipinski definition) is 5. The smallest absolute Gasteiger partial charge is 0.243 e. The largest absolute Gasteiger partial charge is 0.391 e. The maximum absolute atomic E-state index is 14.5. The number of carbonyl (C=O) groups excluding carboxylic acids is 4. The Balaban J connectivity index is 1.40. The van der Waals surface area contributed by atoms with Crippen molar-refractivity contribution in [2.24, 2.45) is 17.8 Å². The fourth-order valence-electron chi connectivity index (χ4n) is 8.21. The maximum Gasteiger partial charge on any atom is 0.243 e. The molecule has 324 valence electrons. The molecule has 0 radical (unpaired) electrons. The number of aliphatic hydroxyl groups is 2. The van der Waals surface area contributed by atoms with Gasteiger partial charge in [0.25, 0.3) is 0 Å². The Bertz CT molecular complexity index is 1800. The molecule has 1 saturated carbocycles. The molecule has 59 heavy (non-hydrogen) atoms. The molecule has 14 heteroatoms. The molecule has 5 rings (SSSR count). The molecule has 1 saturated heterocycles. The fourth-order valence-corrected chi connectivity index (χ4v) is 8.78. The molecule has 5 N–H and O–H groups in total. The molecule has 0 spiro atoms. The monoisotopic (exact) mass is 834 g/mol. The summed E-state index contributed by atoms with van der Waals surface area (Å²) in [4.78, 5) is 64.7. The quantitative estimate of drug-likeness (QED) is 0.107. The summed E-state index contributed by atoms with van der Waals surface area (Å²) in [5.41, 5.74) is 1.43. The van der Waals surface area contributed by atoms with Crippen LogP contribution in [0.4, 0.5) is 5.69 Å². The number of aromatic nitrogens is 1. The van der Waals surface area contributed by atoms with E-state index in [2.05, 4.69) is 20.9 Å². The number of rotatable bonds is 20. The molecule has 2 fully saturated rings. The zero-order valence-electron chi connectivity index (χ0n) is 35.5. The lowest BCUT2D eigenvalue weighted by atomic mass is 9.80. The van der Waals surface area contributed by atoms with Gasteiger partial charge in [-0.2, -0.15) is 0 Å². The number of thiazole rings is 1. The summed E-state index contributed by atoms with van der Waals surface area (Å²) in [5.74, 6) is -2.06. The third-order valence-corrected chi connectivity index (χ3v) is 12.8.